The van der Waals surface area contributed by atoms with Crippen molar-refractivity contribution in [1.82, 2.24) is 4.90 Å². The standard InChI is InChI=1S/C31H30N2O4S/c34-30(32-22-20-31(35,21-23-32)27-12-6-2-7-13-27)26-16-18-28(19-17-26)33(24-25-10-4-1-5-11-25)38(36,37)29-14-8-3-9-15-29/h1-19,35H,20-24H2. The summed E-state index contributed by atoms with van der Waals surface area (Å²) in [4.78, 5) is 15.2. The number of benzene rings is 4. The van der Waals surface area contributed by atoms with Gasteiger partial charge >= 0.3 is 0 Å². The molecule has 4 aromatic carbocycles. The van der Waals surface area contributed by atoms with E-state index in [9.17, 15) is 18.3 Å². The van der Waals surface area contributed by atoms with Crippen LogP contribution in [0.4, 0.5) is 5.69 Å². The Morgan fingerprint density at radius 1 is 0.763 bits per heavy atom. The quantitative estimate of drug-likeness (QED) is 0.359. The Morgan fingerprint density at radius 2 is 1.29 bits per heavy atom. The predicted octanol–water partition coefficient (Wildman–Crippen LogP) is 5.21. The van der Waals surface area contributed by atoms with E-state index in [0.717, 1.165) is 11.1 Å². The van der Waals surface area contributed by atoms with Crippen molar-refractivity contribution in [2.45, 2.75) is 29.9 Å². The lowest BCUT2D eigenvalue weighted by molar-refractivity contribution is -0.0211. The molecule has 0 aliphatic carbocycles. The van der Waals surface area contributed by atoms with Crippen molar-refractivity contribution in [2.75, 3.05) is 17.4 Å². The third-order valence-electron chi connectivity index (χ3n) is 7.09. The average Bonchev–Trinajstić information content (AvgIpc) is 2.97. The van der Waals surface area contributed by atoms with E-state index in [0.29, 0.717) is 37.2 Å². The van der Waals surface area contributed by atoms with Crippen LogP contribution in [0.1, 0.15) is 34.3 Å². The molecule has 1 heterocycles. The highest BCUT2D eigenvalue weighted by Gasteiger charge is 2.35. The molecule has 1 fully saturated rings. The molecule has 5 rings (SSSR count). The fraction of sp³-hybridized carbons (Fsp3) is 0.194. The molecule has 0 bridgehead atoms. The highest BCUT2D eigenvalue weighted by molar-refractivity contribution is 7.92. The first kappa shape index (κ1) is 25.7. The van der Waals surface area contributed by atoms with Crippen LogP contribution >= 0.6 is 0 Å². The van der Waals surface area contributed by atoms with Gasteiger partial charge in [0.1, 0.15) is 0 Å². The van der Waals surface area contributed by atoms with Crippen molar-refractivity contribution in [3.05, 3.63) is 132 Å². The summed E-state index contributed by atoms with van der Waals surface area (Å²) in [7, 11) is -3.84. The van der Waals surface area contributed by atoms with Crippen LogP contribution in [0.25, 0.3) is 0 Å². The Kier molecular flexibility index (Phi) is 7.31. The third-order valence-corrected chi connectivity index (χ3v) is 8.88. The van der Waals surface area contributed by atoms with Crippen molar-refractivity contribution in [1.29, 1.82) is 0 Å². The number of aliphatic hydroxyl groups is 1. The first-order valence-electron chi connectivity index (χ1n) is 12.7. The van der Waals surface area contributed by atoms with Crippen LogP contribution in [-0.2, 0) is 22.2 Å². The third kappa shape index (κ3) is 5.35. The van der Waals surface area contributed by atoms with Crippen LogP contribution in [0.2, 0.25) is 0 Å². The first-order valence-corrected chi connectivity index (χ1v) is 14.1. The van der Waals surface area contributed by atoms with E-state index in [1.54, 1.807) is 59.5 Å². The summed E-state index contributed by atoms with van der Waals surface area (Å²) in [6.45, 7) is 1.04. The van der Waals surface area contributed by atoms with Crippen molar-refractivity contribution >= 4 is 21.6 Å². The van der Waals surface area contributed by atoms with E-state index in [-0.39, 0.29) is 17.3 Å². The Labute approximate surface area is 223 Å². The maximum atomic E-state index is 13.6. The Morgan fingerprint density at radius 3 is 1.87 bits per heavy atom. The lowest BCUT2D eigenvalue weighted by Gasteiger charge is -2.38. The van der Waals surface area contributed by atoms with E-state index in [1.165, 1.54) is 4.31 Å². The molecule has 1 aliphatic rings. The van der Waals surface area contributed by atoms with Gasteiger partial charge in [-0.25, -0.2) is 8.42 Å². The molecule has 38 heavy (non-hydrogen) atoms. The molecule has 0 unspecified atom stereocenters. The van der Waals surface area contributed by atoms with Gasteiger partial charge in [-0.3, -0.25) is 9.10 Å². The molecule has 1 aliphatic heterocycles. The van der Waals surface area contributed by atoms with E-state index < -0.39 is 15.6 Å². The molecule has 1 saturated heterocycles. The van der Waals surface area contributed by atoms with Crippen LogP contribution in [0.15, 0.2) is 120 Å². The summed E-state index contributed by atoms with van der Waals surface area (Å²) >= 11 is 0. The zero-order valence-electron chi connectivity index (χ0n) is 21.0. The van der Waals surface area contributed by atoms with Gasteiger partial charge in [-0.15, -0.1) is 0 Å². The van der Waals surface area contributed by atoms with Gasteiger partial charge < -0.3 is 10.0 Å². The topological polar surface area (TPSA) is 77.9 Å². The highest BCUT2D eigenvalue weighted by atomic mass is 32.2. The number of carbonyl (C=O) groups excluding carboxylic acids is 1. The smallest absolute Gasteiger partial charge is 0.264 e. The van der Waals surface area contributed by atoms with Gasteiger partial charge in [0.15, 0.2) is 0 Å². The largest absolute Gasteiger partial charge is 0.385 e. The van der Waals surface area contributed by atoms with Crippen LogP contribution in [0.5, 0.6) is 0 Å². The maximum Gasteiger partial charge on any atom is 0.264 e. The number of carbonyl (C=O) groups is 1. The number of nitrogens with zero attached hydrogens (tertiary/aromatic N) is 2. The van der Waals surface area contributed by atoms with Crippen molar-refractivity contribution in [3.8, 4) is 0 Å². The molecule has 0 radical (unpaired) electrons. The zero-order chi connectivity index (χ0) is 26.6. The van der Waals surface area contributed by atoms with Crippen LogP contribution in [-0.4, -0.2) is 37.4 Å². The molecule has 0 aromatic heterocycles. The summed E-state index contributed by atoms with van der Waals surface area (Å²) in [6, 6.07) is 34.0. The summed E-state index contributed by atoms with van der Waals surface area (Å²) < 4.78 is 28.6. The minimum atomic E-state index is -3.84. The van der Waals surface area contributed by atoms with Crippen LogP contribution in [0, 0.1) is 0 Å². The zero-order valence-corrected chi connectivity index (χ0v) is 21.8. The van der Waals surface area contributed by atoms with Crippen molar-refractivity contribution < 1.29 is 18.3 Å². The lowest BCUT2D eigenvalue weighted by atomic mass is 9.84. The van der Waals surface area contributed by atoms with Gasteiger partial charge in [-0.1, -0.05) is 78.9 Å². The molecule has 4 aromatic rings. The Balaban J connectivity index is 1.35. The van der Waals surface area contributed by atoms with Crippen molar-refractivity contribution in [2.24, 2.45) is 0 Å². The van der Waals surface area contributed by atoms with E-state index in [1.807, 2.05) is 60.7 Å². The summed E-state index contributed by atoms with van der Waals surface area (Å²) in [5.74, 6) is -0.132. The molecule has 1 amide bonds. The number of sulfonamides is 1. The van der Waals surface area contributed by atoms with Crippen LogP contribution in [0.3, 0.4) is 0 Å². The molecular weight excluding hydrogens is 496 g/mol. The second-order valence-corrected chi connectivity index (χ2v) is 11.4. The Bertz CT molecular complexity index is 1470. The van der Waals surface area contributed by atoms with E-state index in [2.05, 4.69) is 0 Å². The summed E-state index contributed by atoms with van der Waals surface area (Å²) in [6.07, 6.45) is 0.919. The van der Waals surface area contributed by atoms with Gasteiger partial charge in [0, 0.05) is 18.7 Å². The number of rotatable bonds is 7. The maximum absolute atomic E-state index is 13.6. The first-order chi connectivity index (χ1) is 18.4. The number of amides is 1. The van der Waals surface area contributed by atoms with E-state index >= 15 is 0 Å². The molecule has 7 heteroatoms. The molecule has 194 valence electrons. The number of likely N-dealkylation sites (tertiary alicyclic amines) is 1. The van der Waals surface area contributed by atoms with Gasteiger partial charge in [0.2, 0.25) is 0 Å². The molecule has 0 atom stereocenters. The van der Waals surface area contributed by atoms with Crippen molar-refractivity contribution in [3.63, 3.8) is 0 Å². The number of piperidine rings is 1. The average molecular weight is 527 g/mol. The number of hydrogen-bond acceptors (Lipinski definition) is 4. The fourth-order valence-electron chi connectivity index (χ4n) is 4.85. The summed E-state index contributed by atoms with van der Waals surface area (Å²) in [5, 5.41) is 11.1. The lowest BCUT2D eigenvalue weighted by Crippen LogP contribution is -2.45. The van der Waals surface area contributed by atoms with Gasteiger partial charge in [-0.2, -0.15) is 0 Å². The molecular formula is C31H30N2O4S. The molecule has 1 N–H and O–H groups in total. The number of hydrogen-bond donors (Lipinski definition) is 1. The van der Waals surface area contributed by atoms with Gasteiger partial charge in [0.25, 0.3) is 15.9 Å². The second kappa shape index (κ2) is 10.8. The van der Waals surface area contributed by atoms with E-state index in [4.69, 9.17) is 0 Å². The SMILES string of the molecule is O=C(c1ccc(N(Cc2ccccc2)S(=O)(=O)c2ccccc2)cc1)N1CCC(O)(c2ccccc2)CC1. The monoisotopic (exact) mass is 526 g/mol. The Hall–Kier alpha value is -3.94. The van der Waals surface area contributed by atoms with Gasteiger partial charge in [-0.05, 0) is 60.4 Å². The van der Waals surface area contributed by atoms with Gasteiger partial charge in [0.05, 0.1) is 22.7 Å². The van der Waals surface area contributed by atoms with Crippen LogP contribution < -0.4 is 4.31 Å². The highest BCUT2D eigenvalue weighted by Crippen LogP contribution is 2.33. The normalized spacial score (nSPS) is 15.1. The second-order valence-electron chi connectivity index (χ2n) is 9.55. The minimum absolute atomic E-state index is 0.132. The molecule has 6 nitrogen and oxygen atoms in total. The molecule has 0 saturated carbocycles. The fourth-order valence-corrected chi connectivity index (χ4v) is 6.33. The number of anilines is 1. The minimum Gasteiger partial charge on any atom is -0.385 e. The molecule has 0 spiro atoms. The predicted molar refractivity (Wildman–Crippen MR) is 148 cm³/mol. The summed E-state index contributed by atoms with van der Waals surface area (Å²) in [5.41, 5.74) is 1.74.